The van der Waals surface area contributed by atoms with E-state index in [0.29, 0.717) is 0 Å². The molecule has 0 N–H and O–H groups in total. The summed E-state index contributed by atoms with van der Waals surface area (Å²) in [5, 5.41) is 10.6. The number of halogens is 1. The molecule has 1 aliphatic heterocycles. The number of ether oxygens (including phenoxy) is 1. The number of nitro groups is 1. The maximum absolute atomic E-state index is 13.2. The Hall–Kier alpha value is -1.79. The van der Waals surface area contributed by atoms with Crippen LogP contribution in [0.4, 0.5) is 4.39 Å². The maximum atomic E-state index is 13.2. The number of rotatable bonds is 2. The molecule has 1 heterocycles. The number of hydrogen-bond donors (Lipinski definition) is 0. The Labute approximate surface area is 78.2 Å². The van der Waals surface area contributed by atoms with Crippen molar-refractivity contribution in [1.29, 1.82) is 0 Å². The van der Waals surface area contributed by atoms with Crippen LogP contribution < -0.4 is 0 Å². The summed E-state index contributed by atoms with van der Waals surface area (Å²) in [6.45, 7) is -0.574. The van der Waals surface area contributed by atoms with Crippen LogP contribution in [0.2, 0.25) is 0 Å². The van der Waals surface area contributed by atoms with Gasteiger partial charge in [-0.2, -0.15) is 0 Å². The summed E-state index contributed by atoms with van der Waals surface area (Å²) in [5.74, 6) is -2.42. The van der Waals surface area contributed by atoms with Gasteiger partial charge in [-0.05, 0) is 6.08 Å². The van der Waals surface area contributed by atoms with Crippen LogP contribution >= 0.6 is 0 Å². The molecule has 0 amide bonds. The summed E-state index contributed by atoms with van der Waals surface area (Å²) >= 11 is 0. The highest BCUT2D eigenvalue weighted by Gasteiger charge is 2.58. The molecular formula is C7H7FN2O4. The van der Waals surface area contributed by atoms with E-state index in [1.54, 1.807) is 0 Å². The summed E-state index contributed by atoms with van der Waals surface area (Å²) in [6, 6.07) is 0. The number of dihydropyridines is 1. The van der Waals surface area contributed by atoms with E-state index < -0.39 is 28.8 Å². The molecule has 0 spiro atoms. The summed E-state index contributed by atoms with van der Waals surface area (Å²) in [6.07, 6.45) is 1.85. The van der Waals surface area contributed by atoms with Crippen molar-refractivity contribution in [2.45, 2.75) is 5.54 Å². The average molecular weight is 202 g/mol. The van der Waals surface area contributed by atoms with Gasteiger partial charge in [0.2, 0.25) is 0 Å². The lowest BCUT2D eigenvalue weighted by atomic mass is 9.97. The van der Waals surface area contributed by atoms with Crippen molar-refractivity contribution < 1.29 is 18.8 Å². The summed E-state index contributed by atoms with van der Waals surface area (Å²) in [5.41, 5.74) is -2.50. The molecule has 0 fully saturated rings. The zero-order chi connectivity index (χ0) is 10.8. The molecule has 1 unspecified atom stereocenters. The monoisotopic (exact) mass is 202 g/mol. The van der Waals surface area contributed by atoms with Crippen molar-refractivity contribution in [3.8, 4) is 0 Å². The second kappa shape index (κ2) is 3.52. The Balaban J connectivity index is 3.19. The van der Waals surface area contributed by atoms with E-state index in [4.69, 9.17) is 0 Å². The second-order valence-electron chi connectivity index (χ2n) is 2.61. The molecule has 76 valence electrons. The Morgan fingerprint density at radius 2 is 2.50 bits per heavy atom. The van der Waals surface area contributed by atoms with Gasteiger partial charge >= 0.3 is 11.5 Å². The number of carbonyl (C=O) groups is 1. The molecule has 1 atom stereocenters. The fraction of sp³-hybridized carbons (Fsp3) is 0.429. The maximum Gasteiger partial charge on any atom is 0.394 e. The summed E-state index contributed by atoms with van der Waals surface area (Å²) < 4.78 is 17.4. The van der Waals surface area contributed by atoms with Gasteiger partial charge in [0.05, 0.1) is 7.11 Å². The Morgan fingerprint density at radius 3 is 2.93 bits per heavy atom. The van der Waals surface area contributed by atoms with Crippen LogP contribution in [0.25, 0.3) is 0 Å². The number of hydrogen-bond acceptors (Lipinski definition) is 5. The first-order valence-corrected chi connectivity index (χ1v) is 3.64. The van der Waals surface area contributed by atoms with Crippen LogP contribution in [0.3, 0.4) is 0 Å². The van der Waals surface area contributed by atoms with E-state index in [1.165, 1.54) is 0 Å². The number of esters is 1. The van der Waals surface area contributed by atoms with Gasteiger partial charge in [0.1, 0.15) is 6.54 Å². The van der Waals surface area contributed by atoms with Gasteiger partial charge < -0.3 is 4.74 Å². The molecule has 7 heteroatoms. The van der Waals surface area contributed by atoms with Crippen LogP contribution in [-0.4, -0.2) is 36.3 Å². The topological polar surface area (TPSA) is 81.8 Å². The Morgan fingerprint density at radius 1 is 1.86 bits per heavy atom. The third-order valence-corrected chi connectivity index (χ3v) is 1.88. The van der Waals surface area contributed by atoms with Crippen molar-refractivity contribution in [3.63, 3.8) is 0 Å². The third kappa shape index (κ3) is 1.26. The fourth-order valence-corrected chi connectivity index (χ4v) is 1.07. The minimum absolute atomic E-state index is 0.574. The minimum atomic E-state index is -2.50. The van der Waals surface area contributed by atoms with Gasteiger partial charge in [-0.25, -0.2) is 9.18 Å². The molecule has 0 aromatic rings. The van der Waals surface area contributed by atoms with Gasteiger partial charge in [-0.15, -0.1) is 0 Å². The lowest BCUT2D eigenvalue weighted by molar-refractivity contribution is -0.543. The molecule has 6 nitrogen and oxygen atoms in total. The molecule has 0 bridgehead atoms. The molecule has 0 saturated heterocycles. The van der Waals surface area contributed by atoms with E-state index >= 15 is 0 Å². The standard InChI is InChI=1S/C7H7FN2O4/c1-14-6(11)7(10(12)13)4-9-3-2-5(7)8/h2-3H,4H2,1H3. The molecule has 14 heavy (non-hydrogen) atoms. The minimum Gasteiger partial charge on any atom is -0.463 e. The molecule has 0 saturated carbocycles. The first-order valence-electron chi connectivity index (χ1n) is 3.64. The zero-order valence-corrected chi connectivity index (χ0v) is 7.27. The number of aliphatic imine (C=N–C) groups is 1. The number of methoxy groups -OCH3 is 1. The Kier molecular flexibility index (Phi) is 2.59. The fourth-order valence-electron chi connectivity index (χ4n) is 1.07. The predicted molar refractivity (Wildman–Crippen MR) is 44.3 cm³/mol. The molecule has 1 aliphatic rings. The van der Waals surface area contributed by atoms with Crippen LogP contribution in [0.5, 0.6) is 0 Å². The van der Waals surface area contributed by atoms with Crippen molar-refractivity contribution in [1.82, 2.24) is 0 Å². The van der Waals surface area contributed by atoms with Gasteiger partial charge in [-0.1, -0.05) is 0 Å². The highest BCUT2D eigenvalue weighted by Crippen LogP contribution is 2.26. The van der Waals surface area contributed by atoms with Crippen LogP contribution in [0.15, 0.2) is 16.9 Å². The van der Waals surface area contributed by atoms with Crippen LogP contribution in [0, 0.1) is 10.1 Å². The molecular weight excluding hydrogens is 195 g/mol. The summed E-state index contributed by atoms with van der Waals surface area (Å²) in [7, 11) is 0.958. The SMILES string of the molecule is COC(=O)C1([N+](=O)[O-])CN=CC=C1F. The lowest BCUT2D eigenvalue weighted by Crippen LogP contribution is -2.51. The van der Waals surface area contributed by atoms with Crippen molar-refractivity contribution in [3.05, 3.63) is 22.0 Å². The number of nitrogens with zero attached hydrogens (tertiary/aromatic N) is 2. The molecule has 1 rings (SSSR count). The second-order valence-corrected chi connectivity index (χ2v) is 2.61. The third-order valence-electron chi connectivity index (χ3n) is 1.88. The smallest absolute Gasteiger partial charge is 0.394 e. The quantitative estimate of drug-likeness (QED) is 0.361. The highest BCUT2D eigenvalue weighted by atomic mass is 19.1. The van der Waals surface area contributed by atoms with E-state index in [0.717, 1.165) is 19.4 Å². The first kappa shape index (κ1) is 10.3. The summed E-state index contributed by atoms with van der Waals surface area (Å²) in [4.78, 5) is 24.2. The normalized spacial score (nSPS) is 25.4. The van der Waals surface area contributed by atoms with E-state index in [1.807, 2.05) is 0 Å². The Bertz CT molecular complexity index is 339. The van der Waals surface area contributed by atoms with Gasteiger partial charge in [0.25, 0.3) is 0 Å². The molecule has 0 aromatic heterocycles. The van der Waals surface area contributed by atoms with Crippen LogP contribution in [-0.2, 0) is 9.53 Å². The highest BCUT2D eigenvalue weighted by molar-refractivity contribution is 5.87. The first-order chi connectivity index (χ1) is 6.55. The molecule has 0 aromatic carbocycles. The largest absolute Gasteiger partial charge is 0.463 e. The number of allylic oxidation sites excluding steroid dienone is 1. The van der Waals surface area contributed by atoms with Crippen LogP contribution in [0.1, 0.15) is 0 Å². The van der Waals surface area contributed by atoms with Gasteiger partial charge in [0, 0.05) is 11.1 Å². The van der Waals surface area contributed by atoms with Gasteiger partial charge in [0.15, 0.2) is 5.83 Å². The van der Waals surface area contributed by atoms with Crippen molar-refractivity contribution in [2.24, 2.45) is 4.99 Å². The lowest BCUT2D eigenvalue weighted by Gasteiger charge is -2.20. The van der Waals surface area contributed by atoms with E-state index in [9.17, 15) is 19.3 Å². The predicted octanol–water partition coefficient (Wildman–Crippen LogP) is 0.113. The zero-order valence-electron chi connectivity index (χ0n) is 7.27. The van der Waals surface area contributed by atoms with Gasteiger partial charge in [-0.3, -0.25) is 15.1 Å². The van der Waals surface area contributed by atoms with E-state index in [-0.39, 0.29) is 0 Å². The van der Waals surface area contributed by atoms with E-state index in [2.05, 4.69) is 9.73 Å². The van der Waals surface area contributed by atoms with Crippen molar-refractivity contribution >= 4 is 12.2 Å². The number of carbonyl (C=O) groups excluding carboxylic acids is 1. The molecule has 0 radical (unpaired) electrons. The molecule has 0 aliphatic carbocycles. The average Bonchev–Trinajstić information content (AvgIpc) is 2.17. The van der Waals surface area contributed by atoms with Crippen molar-refractivity contribution in [2.75, 3.05) is 13.7 Å².